The third kappa shape index (κ3) is 3.99. The summed E-state index contributed by atoms with van der Waals surface area (Å²) in [5.41, 5.74) is 3.95. The van der Waals surface area contributed by atoms with E-state index in [1.807, 2.05) is 68.4 Å². The lowest BCUT2D eigenvalue weighted by molar-refractivity contribution is -0.132. The van der Waals surface area contributed by atoms with Crippen LogP contribution in [0.2, 0.25) is 0 Å². The molecule has 1 aromatic heterocycles. The van der Waals surface area contributed by atoms with E-state index in [0.29, 0.717) is 22.0 Å². The molecule has 7 nitrogen and oxygen atoms in total. The molecule has 3 aromatic carbocycles. The van der Waals surface area contributed by atoms with E-state index < -0.39 is 17.7 Å². The van der Waals surface area contributed by atoms with Crippen molar-refractivity contribution in [1.29, 1.82) is 0 Å². The van der Waals surface area contributed by atoms with Gasteiger partial charge in [-0.1, -0.05) is 29.5 Å². The number of aryl methyl sites for hydroxylation is 1. The number of aliphatic hydroxyl groups is 1. The number of benzene rings is 3. The Balaban J connectivity index is 1.70. The molecule has 8 heteroatoms. The fourth-order valence-corrected chi connectivity index (χ4v) is 5.42. The number of carbonyl (C=O) groups is 2. The summed E-state index contributed by atoms with van der Waals surface area (Å²) < 4.78 is 6.13. The fraction of sp³-hybridized carbons (Fsp3) is 0.179. The van der Waals surface area contributed by atoms with Gasteiger partial charge in [0.05, 0.1) is 28.9 Å². The number of aromatic nitrogens is 1. The highest BCUT2D eigenvalue weighted by Gasteiger charge is 2.48. The first-order valence-electron chi connectivity index (χ1n) is 11.4. The van der Waals surface area contributed by atoms with Gasteiger partial charge in [-0.3, -0.25) is 14.5 Å². The Kier molecular flexibility index (Phi) is 5.97. The van der Waals surface area contributed by atoms with Crippen LogP contribution in [0.1, 0.15) is 22.7 Å². The van der Waals surface area contributed by atoms with Crippen LogP contribution in [0.15, 0.2) is 72.3 Å². The number of hydrogen-bond donors (Lipinski definition) is 1. The molecule has 0 radical (unpaired) electrons. The van der Waals surface area contributed by atoms with Crippen LogP contribution in [0.3, 0.4) is 0 Å². The summed E-state index contributed by atoms with van der Waals surface area (Å²) in [6.07, 6.45) is 0. The lowest BCUT2D eigenvalue weighted by Gasteiger charge is -2.23. The van der Waals surface area contributed by atoms with Crippen molar-refractivity contribution in [3.05, 3.63) is 89.0 Å². The van der Waals surface area contributed by atoms with E-state index in [1.54, 1.807) is 31.4 Å². The van der Waals surface area contributed by atoms with Crippen LogP contribution in [0, 0.1) is 6.92 Å². The summed E-state index contributed by atoms with van der Waals surface area (Å²) in [7, 11) is 5.43. The van der Waals surface area contributed by atoms with E-state index in [9.17, 15) is 14.7 Å². The molecule has 1 atom stereocenters. The summed E-state index contributed by atoms with van der Waals surface area (Å²) in [5, 5.41) is 11.7. The highest BCUT2D eigenvalue weighted by atomic mass is 32.1. The molecular formula is C28H25N3O4S. The lowest BCUT2D eigenvalue weighted by atomic mass is 9.95. The lowest BCUT2D eigenvalue weighted by Crippen LogP contribution is -2.29. The third-order valence-corrected chi connectivity index (χ3v) is 7.29. The highest BCUT2D eigenvalue weighted by molar-refractivity contribution is 7.22. The number of rotatable bonds is 5. The van der Waals surface area contributed by atoms with E-state index >= 15 is 0 Å². The van der Waals surface area contributed by atoms with Crippen LogP contribution >= 0.6 is 11.3 Å². The molecule has 182 valence electrons. The summed E-state index contributed by atoms with van der Waals surface area (Å²) in [6.45, 7) is 1.99. The molecule has 1 N–H and O–H groups in total. The Morgan fingerprint density at radius 1 is 1.03 bits per heavy atom. The van der Waals surface area contributed by atoms with Crippen LogP contribution in [0.25, 0.3) is 16.0 Å². The number of hydrogen-bond acceptors (Lipinski definition) is 7. The smallest absolute Gasteiger partial charge is 0.301 e. The van der Waals surface area contributed by atoms with Gasteiger partial charge in [-0.05, 0) is 66.6 Å². The molecule has 0 spiro atoms. The van der Waals surface area contributed by atoms with Crippen molar-refractivity contribution in [3.63, 3.8) is 0 Å². The zero-order valence-corrected chi connectivity index (χ0v) is 21.2. The molecule has 5 rings (SSSR count). The molecule has 36 heavy (non-hydrogen) atoms. The van der Waals surface area contributed by atoms with Crippen molar-refractivity contribution >= 4 is 49.8 Å². The van der Waals surface area contributed by atoms with Gasteiger partial charge in [0.15, 0.2) is 5.13 Å². The van der Waals surface area contributed by atoms with E-state index in [0.717, 1.165) is 21.5 Å². The summed E-state index contributed by atoms with van der Waals surface area (Å²) >= 11 is 1.35. The molecule has 0 bridgehead atoms. The second-order valence-corrected chi connectivity index (χ2v) is 9.86. The Labute approximate surface area is 212 Å². The molecular weight excluding hydrogens is 474 g/mol. The van der Waals surface area contributed by atoms with Gasteiger partial charge >= 0.3 is 5.91 Å². The van der Waals surface area contributed by atoms with Crippen LogP contribution < -0.4 is 14.5 Å². The molecule has 2 heterocycles. The van der Waals surface area contributed by atoms with Gasteiger partial charge in [0, 0.05) is 25.3 Å². The third-order valence-electron chi connectivity index (χ3n) is 6.27. The van der Waals surface area contributed by atoms with Gasteiger partial charge in [-0.15, -0.1) is 0 Å². The van der Waals surface area contributed by atoms with Gasteiger partial charge in [0.2, 0.25) is 0 Å². The maximum Gasteiger partial charge on any atom is 0.301 e. The minimum Gasteiger partial charge on any atom is -0.507 e. The van der Waals surface area contributed by atoms with Gasteiger partial charge in [-0.2, -0.15) is 0 Å². The quantitative estimate of drug-likeness (QED) is 0.228. The van der Waals surface area contributed by atoms with Crippen LogP contribution in [0.5, 0.6) is 5.75 Å². The number of ether oxygens (including phenoxy) is 1. The van der Waals surface area contributed by atoms with Crippen molar-refractivity contribution in [2.45, 2.75) is 13.0 Å². The zero-order chi connectivity index (χ0) is 25.6. The second kappa shape index (κ2) is 9.13. The number of anilines is 2. The first-order chi connectivity index (χ1) is 17.3. The average molecular weight is 500 g/mol. The molecule has 1 fully saturated rings. The van der Waals surface area contributed by atoms with E-state index in [2.05, 4.69) is 4.98 Å². The van der Waals surface area contributed by atoms with Crippen molar-refractivity contribution < 1.29 is 19.4 Å². The van der Waals surface area contributed by atoms with E-state index in [1.165, 1.54) is 16.2 Å². The predicted octanol–water partition coefficient (Wildman–Crippen LogP) is 5.31. The number of fused-ring (bicyclic) bond motifs is 1. The summed E-state index contributed by atoms with van der Waals surface area (Å²) in [6, 6.07) is 19.3. The molecule has 0 saturated carbocycles. The maximum atomic E-state index is 13.4. The Hall–Kier alpha value is -4.17. The highest BCUT2D eigenvalue weighted by Crippen LogP contribution is 2.44. The topological polar surface area (TPSA) is 83.0 Å². The van der Waals surface area contributed by atoms with Gasteiger partial charge < -0.3 is 14.7 Å². The van der Waals surface area contributed by atoms with Gasteiger partial charge in [0.25, 0.3) is 5.78 Å². The standard InChI is InChI=1S/C28H25N3O4S/c1-16-5-14-21-22(15-16)36-28(29-21)31-24(17-6-10-19(11-7-17)30(2)3)23(26(33)27(31)34)25(32)18-8-12-20(35-4)13-9-18/h5-15,24,32H,1-4H3. The maximum absolute atomic E-state index is 13.4. The van der Waals surface area contributed by atoms with Crippen molar-refractivity contribution in [2.24, 2.45) is 0 Å². The van der Waals surface area contributed by atoms with Crippen molar-refractivity contribution in [3.8, 4) is 5.75 Å². The number of nitrogens with zero attached hydrogens (tertiary/aromatic N) is 3. The number of amides is 1. The minimum absolute atomic E-state index is 0.0261. The fourth-order valence-electron chi connectivity index (χ4n) is 4.33. The van der Waals surface area contributed by atoms with E-state index in [4.69, 9.17) is 4.74 Å². The van der Waals surface area contributed by atoms with Crippen LogP contribution in [0.4, 0.5) is 10.8 Å². The first kappa shape index (κ1) is 23.6. The number of aliphatic hydroxyl groups excluding tert-OH is 1. The molecule has 4 aromatic rings. The van der Waals surface area contributed by atoms with Gasteiger partial charge in [0.1, 0.15) is 11.5 Å². The summed E-state index contributed by atoms with van der Waals surface area (Å²) in [5.74, 6) is -1.09. The number of Topliss-reactive ketones (excluding diaryl/α,β-unsaturated/α-hetero) is 1. The molecule has 1 amide bonds. The van der Waals surface area contributed by atoms with E-state index in [-0.39, 0.29) is 11.3 Å². The van der Waals surface area contributed by atoms with Crippen molar-refractivity contribution in [1.82, 2.24) is 4.98 Å². The van der Waals surface area contributed by atoms with Crippen LogP contribution in [-0.2, 0) is 9.59 Å². The number of ketones is 1. The molecule has 1 aliphatic heterocycles. The number of methoxy groups -OCH3 is 1. The Bertz CT molecular complexity index is 1500. The summed E-state index contributed by atoms with van der Waals surface area (Å²) in [4.78, 5) is 34.9. The minimum atomic E-state index is -0.829. The number of carbonyl (C=O) groups excluding carboxylic acids is 2. The number of thiazole rings is 1. The molecule has 1 saturated heterocycles. The van der Waals surface area contributed by atoms with Crippen molar-refractivity contribution in [2.75, 3.05) is 31.0 Å². The average Bonchev–Trinajstić information content (AvgIpc) is 3.41. The SMILES string of the molecule is COc1ccc(C(O)=C2C(=O)C(=O)N(c3nc4ccc(C)cc4s3)C2c2ccc(N(C)C)cc2)cc1. The van der Waals surface area contributed by atoms with Crippen LogP contribution in [-0.4, -0.2) is 43.0 Å². The normalized spacial score (nSPS) is 17.1. The Morgan fingerprint density at radius 3 is 2.36 bits per heavy atom. The Morgan fingerprint density at radius 2 is 1.72 bits per heavy atom. The largest absolute Gasteiger partial charge is 0.507 e. The molecule has 1 unspecified atom stereocenters. The second-order valence-electron chi connectivity index (χ2n) is 8.85. The zero-order valence-electron chi connectivity index (χ0n) is 20.4. The first-order valence-corrected chi connectivity index (χ1v) is 12.2. The molecule has 1 aliphatic rings. The van der Waals surface area contributed by atoms with Gasteiger partial charge in [-0.25, -0.2) is 4.98 Å². The molecule has 0 aliphatic carbocycles. The monoisotopic (exact) mass is 499 g/mol. The predicted molar refractivity (Wildman–Crippen MR) is 143 cm³/mol.